The van der Waals surface area contributed by atoms with E-state index in [4.69, 9.17) is 0 Å². The van der Waals surface area contributed by atoms with Gasteiger partial charge in [-0.1, -0.05) is 12.1 Å². The number of hydrogen-bond donors (Lipinski definition) is 0. The number of rotatable bonds is 2. The number of fused-ring (bicyclic) bond motifs is 1. The minimum atomic E-state index is 0.247. The summed E-state index contributed by atoms with van der Waals surface area (Å²) in [7, 11) is 0. The zero-order valence-electron chi connectivity index (χ0n) is 9.54. The van der Waals surface area contributed by atoms with Crippen molar-refractivity contribution in [3.8, 4) is 0 Å². The van der Waals surface area contributed by atoms with Crippen LogP contribution in [0.5, 0.6) is 0 Å². The molecule has 2 aromatic rings. The van der Waals surface area contributed by atoms with Crippen LogP contribution < -0.4 is 0 Å². The standard InChI is InChI=1S/C14H14N2O/c17-10-16-8-2-4-14(16)12-5-6-13-11(9-12)3-1-7-15-13/h1,3,5-7,9-10,14H,2,4,8H2. The van der Waals surface area contributed by atoms with Gasteiger partial charge < -0.3 is 4.90 Å². The first-order valence-electron chi connectivity index (χ1n) is 5.94. The Hall–Kier alpha value is -1.90. The van der Waals surface area contributed by atoms with Crippen molar-refractivity contribution in [2.24, 2.45) is 0 Å². The van der Waals surface area contributed by atoms with Crippen LogP contribution in [0.2, 0.25) is 0 Å². The summed E-state index contributed by atoms with van der Waals surface area (Å²) >= 11 is 0. The second-order valence-electron chi connectivity index (χ2n) is 4.46. The van der Waals surface area contributed by atoms with Crippen LogP contribution in [0.3, 0.4) is 0 Å². The Morgan fingerprint density at radius 1 is 1.35 bits per heavy atom. The minimum absolute atomic E-state index is 0.247. The number of aromatic nitrogens is 1. The molecule has 0 radical (unpaired) electrons. The third-order valence-electron chi connectivity index (χ3n) is 3.44. The van der Waals surface area contributed by atoms with E-state index >= 15 is 0 Å². The molecular weight excluding hydrogens is 212 g/mol. The monoisotopic (exact) mass is 226 g/mol. The first kappa shape index (κ1) is 10.3. The number of nitrogens with zero attached hydrogens (tertiary/aromatic N) is 2. The highest BCUT2D eigenvalue weighted by molar-refractivity contribution is 5.79. The number of pyridine rings is 1. The molecule has 1 unspecified atom stereocenters. The van der Waals surface area contributed by atoms with Gasteiger partial charge in [-0.15, -0.1) is 0 Å². The fourth-order valence-corrected chi connectivity index (χ4v) is 2.57. The van der Waals surface area contributed by atoms with E-state index in [0.717, 1.165) is 36.7 Å². The quantitative estimate of drug-likeness (QED) is 0.737. The fraction of sp³-hybridized carbons (Fsp3) is 0.286. The van der Waals surface area contributed by atoms with Gasteiger partial charge in [-0.05, 0) is 36.6 Å². The molecule has 1 atom stereocenters. The highest BCUT2D eigenvalue weighted by Crippen LogP contribution is 2.31. The van der Waals surface area contributed by atoms with Gasteiger partial charge in [0.05, 0.1) is 11.6 Å². The van der Waals surface area contributed by atoms with Crippen molar-refractivity contribution >= 4 is 17.3 Å². The van der Waals surface area contributed by atoms with E-state index in [-0.39, 0.29) is 6.04 Å². The summed E-state index contributed by atoms with van der Waals surface area (Å²) in [5.74, 6) is 0. The molecule has 17 heavy (non-hydrogen) atoms. The Balaban J connectivity index is 2.02. The summed E-state index contributed by atoms with van der Waals surface area (Å²) in [5, 5.41) is 1.14. The molecule has 1 aliphatic rings. The normalized spacial score (nSPS) is 19.8. The predicted molar refractivity (Wildman–Crippen MR) is 66.5 cm³/mol. The Morgan fingerprint density at radius 3 is 3.18 bits per heavy atom. The number of benzene rings is 1. The molecule has 1 aliphatic heterocycles. The smallest absolute Gasteiger partial charge is 0.210 e. The summed E-state index contributed by atoms with van der Waals surface area (Å²) in [5.41, 5.74) is 2.22. The lowest BCUT2D eigenvalue weighted by Gasteiger charge is -2.20. The molecule has 3 heteroatoms. The van der Waals surface area contributed by atoms with Crippen LogP contribution >= 0.6 is 0 Å². The van der Waals surface area contributed by atoms with Crippen LogP contribution in [-0.4, -0.2) is 22.8 Å². The summed E-state index contributed by atoms with van der Waals surface area (Å²) < 4.78 is 0. The molecular formula is C14H14N2O. The largest absolute Gasteiger partial charge is 0.338 e. The summed E-state index contributed by atoms with van der Waals surface area (Å²) in [6, 6.07) is 10.5. The molecule has 2 heterocycles. The highest BCUT2D eigenvalue weighted by atomic mass is 16.1. The molecule has 0 N–H and O–H groups in total. The first-order valence-corrected chi connectivity index (χ1v) is 5.94. The third-order valence-corrected chi connectivity index (χ3v) is 3.44. The lowest BCUT2D eigenvalue weighted by Crippen LogP contribution is -2.20. The van der Waals surface area contributed by atoms with Crippen LogP contribution in [0.15, 0.2) is 36.5 Å². The topological polar surface area (TPSA) is 33.2 Å². The number of hydrogen-bond acceptors (Lipinski definition) is 2. The first-order chi connectivity index (χ1) is 8.38. The maximum atomic E-state index is 11.0. The second-order valence-corrected chi connectivity index (χ2v) is 4.46. The van der Waals surface area contributed by atoms with Gasteiger partial charge in [-0.2, -0.15) is 0 Å². The maximum absolute atomic E-state index is 11.0. The molecule has 3 rings (SSSR count). The van der Waals surface area contributed by atoms with Crippen LogP contribution in [0.4, 0.5) is 0 Å². The van der Waals surface area contributed by atoms with E-state index in [1.165, 1.54) is 5.56 Å². The zero-order chi connectivity index (χ0) is 11.7. The molecule has 1 aromatic carbocycles. The van der Waals surface area contributed by atoms with Crippen LogP contribution in [0.1, 0.15) is 24.4 Å². The zero-order valence-corrected chi connectivity index (χ0v) is 9.54. The van der Waals surface area contributed by atoms with E-state index in [1.54, 1.807) is 6.20 Å². The van der Waals surface area contributed by atoms with Crippen molar-refractivity contribution < 1.29 is 4.79 Å². The molecule has 0 spiro atoms. The van der Waals surface area contributed by atoms with Crippen molar-refractivity contribution in [3.63, 3.8) is 0 Å². The van der Waals surface area contributed by atoms with E-state index in [2.05, 4.69) is 23.2 Å². The number of carbonyl (C=O) groups excluding carboxylic acids is 1. The average molecular weight is 226 g/mol. The van der Waals surface area contributed by atoms with E-state index in [0.29, 0.717) is 0 Å². The molecule has 1 saturated heterocycles. The Kier molecular flexibility index (Phi) is 2.52. The minimum Gasteiger partial charge on any atom is -0.338 e. The number of amides is 1. The molecule has 0 saturated carbocycles. The lowest BCUT2D eigenvalue weighted by atomic mass is 10.0. The van der Waals surface area contributed by atoms with Gasteiger partial charge in [0.2, 0.25) is 6.41 Å². The molecule has 86 valence electrons. The molecule has 0 bridgehead atoms. The lowest BCUT2D eigenvalue weighted by molar-refractivity contribution is -0.118. The predicted octanol–water partition coefficient (Wildman–Crippen LogP) is 2.53. The van der Waals surface area contributed by atoms with Crippen molar-refractivity contribution in [1.82, 2.24) is 9.88 Å². The van der Waals surface area contributed by atoms with Crippen molar-refractivity contribution in [2.75, 3.05) is 6.54 Å². The SMILES string of the molecule is O=CN1CCCC1c1ccc2ncccc2c1. The van der Waals surface area contributed by atoms with Gasteiger partial charge in [-0.3, -0.25) is 9.78 Å². The highest BCUT2D eigenvalue weighted by Gasteiger charge is 2.24. The third kappa shape index (κ3) is 1.78. The molecule has 3 nitrogen and oxygen atoms in total. The number of carbonyl (C=O) groups is 1. The van der Waals surface area contributed by atoms with E-state index in [9.17, 15) is 4.79 Å². The van der Waals surface area contributed by atoms with E-state index in [1.807, 2.05) is 17.0 Å². The summed E-state index contributed by atoms with van der Waals surface area (Å²) in [6.07, 6.45) is 4.92. The Bertz CT molecular complexity index is 553. The average Bonchev–Trinajstić information content (AvgIpc) is 2.86. The van der Waals surface area contributed by atoms with Gasteiger partial charge in [0.25, 0.3) is 0 Å². The van der Waals surface area contributed by atoms with Gasteiger partial charge in [0.1, 0.15) is 0 Å². The molecule has 0 aliphatic carbocycles. The Morgan fingerprint density at radius 2 is 2.29 bits per heavy atom. The van der Waals surface area contributed by atoms with Crippen LogP contribution in [-0.2, 0) is 4.79 Å². The van der Waals surface area contributed by atoms with Gasteiger partial charge >= 0.3 is 0 Å². The van der Waals surface area contributed by atoms with Crippen molar-refractivity contribution in [3.05, 3.63) is 42.1 Å². The maximum Gasteiger partial charge on any atom is 0.210 e. The van der Waals surface area contributed by atoms with Crippen molar-refractivity contribution in [1.29, 1.82) is 0 Å². The summed E-state index contributed by atoms with van der Waals surface area (Å²) in [4.78, 5) is 17.2. The molecule has 1 amide bonds. The van der Waals surface area contributed by atoms with Crippen LogP contribution in [0, 0.1) is 0 Å². The Labute approximate surface area is 100 Å². The second kappa shape index (κ2) is 4.17. The number of likely N-dealkylation sites (tertiary alicyclic amines) is 1. The van der Waals surface area contributed by atoms with Crippen LogP contribution in [0.25, 0.3) is 10.9 Å². The summed E-state index contributed by atoms with van der Waals surface area (Å²) in [6.45, 7) is 0.874. The fourth-order valence-electron chi connectivity index (χ4n) is 2.57. The van der Waals surface area contributed by atoms with E-state index < -0.39 is 0 Å². The van der Waals surface area contributed by atoms with Gasteiger partial charge in [0, 0.05) is 18.1 Å². The molecule has 1 fully saturated rings. The van der Waals surface area contributed by atoms with Gasteiger partial charge in [0.15, 0.2) is 0 Å². The van der Waals surface area contributed by atoms with Gasteiger partial charge in [-0.25, -0.2) is 0 Å². The van der Waals surface area contributed by atoms with Crippen molar-refractivity contribution in [2.45, 2.75) is 18.9 Å². The molecule has 1 aromatic heterocycles.